The summed E-state index contributed by atoms with van der Waals surface area (Å²) < 4.78 is 0. The molecule has 0 radical (unpaired) electrons. The minimum Gasteiger partial charge on any atom is -0.478 e. The van der Waals surface area contributed by atoms with Crippen molar-refractivity contribution in [2.75, 3.05) is 18.0 Å². The normalized spacial score (nSPS) is 20.1. The van der Waals surface area contributed by atoms with Crippen LogP contribution >= 0.6 is 0 Å². The summed E-state index contributed by atoms with van der Waals surface area (Å²) >= 11 is 0. The summed E-state index contributed by atoms with van der Waals surface area (Å²) in [6, 6.07) is 1.97. The fourth-order valence-electron chi connectivity index (χ4n) is 2.12. The molecule has 86 valence electrons. The molecule has 16 heavy (non-hydrogen) atoms. The lowest BCUT2D eigenvalue weighted by Crippen LogP contribution is -2.35. The molecule has 0 aromatic carbocycles. The highest BCUT2D eigenvalue weighted by atomic mass is 16.4. The Bertz CT molecular complexity index is 395. The number of carboxylic acid groups (broad SMARTS) is 1. The van der Waals surface area contributed by atoms with Crippen LogP contribution in [0.25, 0.3) is 0 Å². The molecular weight excluding hydrogens is 206 g/mol. The Labute approximate surface area is 93.9 Å². The Kier molecular flexibility index (Phi) is 3.05. The van der Waals surface area contributed by atoms with E-state index in [9.17, 15) is 4.79 Å². The number of carbonyl (C=O) groups is 1. The molecule has 1 saturated heterocycles. The third kappa shape index (κ3) is 1.99. The van der Waals surface area contributed by atoms with E-state index in [1.807, 2.05) is 0 Å². The molecule has 5 nitrogen and oxygen atoms in total. The molecule has 2 rings (SSSR count). The molecule has 0 amide bonds. The van der Waals surface area contributed by atoms with Gasteiger partial charge in [-0.3, -0.25) is 4.98 Å². The van der Waals surface area contributed by atoms with Gasteiger partial charge >= 0.3 is 5.97 Å². The van der Waals surface area contributed by atoms with Gasteiger partial charge in [0.1, 0.15) is 0 Å². The lowest BCUT2D eigenvalue weighted by Gasteiger charge is -2.25. The van der Waals surface area contributed by atoms with E-state index in [1.54, 1.807) is 12.3 Å². The van der Waals surface area contributed by atoms with Crippen molar-refractivity contribution < 1.29 is 9.90 Å². The second-order valence-corrected chi connectivity index (χ2v) is 3.96. The number of nitrogens with two attached hydrogens (primary N) is 1. The zero-order chi connectivity index (χ0) is 11.5. The molecular formula is C11H15N3O2. The molecule has 5 heteroatoms. The largest absolute Gasteiger partial charge is 0.478 e. The fourth-order valence-corrected chi connectivity index (χ4v) is 2.12. The number of carboxylic acids is 1. The second-order valence-electron chi connectivity index (χ2n) is 3.96. The summed E-state index contributed by atoms with van der Waals surface area (Å²) in [5.41, 5.74) is 6.76. The Balaban J connectivity index is 2.26. The zero-order valence-corrected chi connectivity index (χ0v) is 8.97. The highest BCUT2D eigenvalue weighted by molar-refractivity contribution is 5.88. The summed E-state index contributed by atoms with van der Waals surface area (Å²) in [6.07, 6.45) is 5.22. The van der Waals surface area contributed by atoms with Crippen LogP contribution in [0.3, 0.4) is 0 Å². The van der Waals surface area contributed by atoms with E-state index in [0.29, 0.717) is 12.6 Å². The molecule has 1 atom stereocenters. The predicted molar refractivity (Wildman–Crippen MR) is 60.6 cm³/mol. The van der Waals surface area contributed by atoms with E-state index >= 15 is 0 Å². The van der Waals surface area contributed by atoms with Gasteiger partial charge in [-0.15, -0.1) is 0 Å². The van der Waals surface area contributed by atoms with E-state index in [-0.39, 0.29) is 5.56 Å². The molecule has 1 aliphatic rings. The molecule has 0 bridgehead atoms. The Morgan fingerprint density at radius 2 is 2.44 bits per heavy atom. The average Bonchev–Trinajstić information content (AvgIpc) is 2.77. The van der Waals surface area contributed by atoms with Crippen molar-refractivity contribution in [2.45, 2.75) is 18.9 Å². The van der Waals surface area contributed by atoms with Crippen LogP contribution in [0.4, 0.5) is 5.69 Å². The predicted octanol–water partition coefficient (Wildman–Crippen LogP) is 0.707. The van der Waals surface area contributed by atoms with Crippen molar-refractivity contribution in [1.82, 2.24) is 4.98 Å². The van der Waals surface area contributed by atoms with Gasteiger partial charge in [0.05, 0.1) is 17.4 Å². The van der Waals surface area contributed by atoms with Crippen molar-refractivity contribution in [1.29, 1.82) is 0 Å². The number of aromatic nitrogens is 1. The van der Waals surface area contributed by atoms with Crippen LogP contribution in [0.1, 0.15) is 23.2 Å². The first-order valence-electron chi connectivity index (χ1n) is 5.37. The van der Waals surface area contributed by atoms with Crippen LogP contribution in [-0.4, -0.2) is 35.2 Å². The molecule has 1 fully saturated rings. The van der Waals surface area contributed by atoms with Crippen LogP contribution in [-0.2, 0) is 0 Å². The fraction of sp³-hybridized carbons (Fsp3) is 0.455. The molecule has 3 N–H and O–H groups in total. The van der Waals surface area contributed by atoms with Crippen LogP contribution in [0, 0.1) is 0 Å². The summed E-state index contributed by atoms with van der Waals surface area (Å²) in [4.78, 5) is 16.9. The SMILES string of the molecule is NC[C@H]1CCCN1c1cncc(C(=O)O)c1. The number of hydrogen-bond acceptors (Lipinski definition) is 4. The van der Waals surface area contributed by atoms with Gasteiger partial charge in [0.2, 0.25) is 0 Å². The molecule has 2 heterocycles. The number of hydrogen-bond donors (Lipinski definition) is 2. The van der Waals surface area contributed by atoms with Crippen molar-refractivity contribution in [3.63, 3.8) is 0 Å². The van der Waals surface area contributed by atoms with E-state index in [0.717, 1.165) is 25.1 Å². The first kappa shape index (κ1) is 10.9. The van der Waals surface area contributed by atoms with Crippen molar-refractivity contribution in [3.8, 4) is 0 Å². The number of rotatable bonds is 3. The molecule has 0 aliphatic carbocycles. The first-order chi connectivity index (χ1) is 7.72. The van der Waals surface area contributed by atoms with Crippen LogP contribution in [0.5, 0.6) is 0 Å². The summed E-state index contributed by atoms with van der Waals surface area (Å²) in [5, 5.41) is 8.89. The molecule has 1 aliphatic heterocycles. The third-order valence-corrected chi connectivity index (χ3v) is 2.95. The van der Waals surface area contributed by atoms with E-state index in [4.69, 9.17) is 10.8 Å². The quantitative estimate of drug-likeness (QED) is 0.785. The molecule has 1 aromatic heterocycles. The maximum Gasteiger partial charge on any atom is 0.337 e. The smallest absolute Gasteiger partial charge is 0.337 e. The number of nitrogens with zero attached hydrogens (tertiary/aromatic N) is 2. The van der Waals surface area contributed by atoms with E-state index in [1.165, 1.54) is 6.20 Å². The topological polar surface area (TPSA) is 79.5 Å². The minimum atomic E-state index is -0.946. The Morgan fingerprint density at radius 3 is 3.12 bits per heavy atom. The average molecular weight is 221 g/mol. The van der Waals surface area contributed by atoms with Gasteiger partial charge in [-0.2, -0.15) is 0 Å². The maximum absolute atomic E-state index is 10.8. The summed E-state index contributed by atoms with van der Waals surface area (Å²) in [7, 11) is 0. The van der Waals surface area contributed by atoms with Crippen LogP contribution < -0.4 is 10.6 Å². The summed E-state index contributed by atoms with van der Waals surface area (Å²) in [6.45, 7) is 1.52. The van der Waals surface area contributed by atoms with Gasteiger partial charge in [0.25, 0.3) is 0 Å². The highest BCUT2D eigenvalue weighted by Crippen LogP contribution is 2.24. The molecule has 0 saturated carbocycles. The molecule has 0 unspecified atom stereocenters. The van der Waals surface area contributed by atoms with Gasteiger partial charge in [-0.1, -0.05) is 0 Å². The minimum absolute atomic E-state index is 0.222. The van der Waals surface area contributed by atoms with E-state index < -0.39 is 5.97 Å². The third-order valence-electron chi connectivity index (χ3n) is 2.95. The van der Waals surface area contributed by atoms with Gasteiger partial charge in [-0.05, 0) is 18.9 Å². The van der Waals surface area contributed by atoms with Gasteiger partial charge in [0.15, 0.2) is 0 Å². The highest BCUT2D eigenvalue weighted by Gasteiger charge is 2.24. The lowest BCUT2D eigenvalue weighted by atomic mass is 10.2. The zero-order valence-electron chi connectivity index (χ0n) is 8.97. The Hall–Kier alpha value is -1.62. The second kappa shape index (κ2) is 4.49. The maximum atomic E-state index is 10.8. The van der Waals surface area contributed by atoms with Crippen LogP contribution in [0.15, 0.2) is 18.5 Å². The van der Waals surface area contributed by atoms with Crippen LogP contribution in [0.2, 0.25) is 0 Å². The monoisotopic (exact) mass is 221 g/mol. The van der Waals surface area contributed by atoms with Gasteiger partial charge < -0.3 is 15.7 Å². The molecule has 1 aromatic rings. The van der Waals surface area contributed by atoms with Gasteiger partial charge in [0, 0.05) is 25.3 Å². The summed E-state index contributed by atoms with van der Waals surface area (Å²) in [5.74, 6) is -0.946. The van der Waals surface area contributed by atoms with Gasteiger partial charge in [-0.25, -0.2) is 4.79 Å². The van der Waals surface area contributed by atoms with Crippen molar-refractivity contribution in [2.24, 2.45) is 5.73 Å². The number of pyridine rings is 1. The first-order valence-corrected chi connectivity index (χ1v) is 5.37. The standard InChI is InChI=1S/C11H15N3O2/c12-5-9-2-1-3-14(9)10-4-8(11(15)16)6-13-7-10/h4,6-7,9H,1-3,5,12H2,(H,15,16)/t9-/m1/s1. The van der Waals surface area contributed by atoms with Crippen molar-refractivity contribution in [3.05, 3.63) is 24.0 Å². The number of anilines is 1. The number of aromatic carboxylic acids is 1. The lowest BCUT2D eigenvalue weighted by molar-refractivity contribution is 0.0696. The van der Waals surface area contributed by atoms with Crippen molar-refractivity contribution >= 4 is 11.7 Å². The van der Waals surface area contributed by atoms with E-state index in [2.05, 4.69) is 9.88 Å². The Morgan fingerprint density at radius 1 is 1.62 bits per heavy atom. The molecule has 0 spiro atoms.